The highest BCUT2D eigenvalue weighted by Crippen LogP contribution is 2.24. The van der Waals surface area contributed by atoms with Crippen LogP contribution in [0.25, 0.3) is 16.7 Å². The van der Waals surface area contributed by atoms with Crippen LogP contribution in [0.2, 0.25) is 0 Å². The van der Waals surface area contributed by atoms with E-state index in [2.05, 4.69) is 10.3 Å². The van der Waals surface area contributed by atoms with E-state index >= 15 is 0 Å². The number of hydrogen-bond donors (Lipinski definition) is 1. The summed E-state index contributed by atoms with van der Waals surface area (Å²) in [6.07, 6.45) is -0.541. The SMILES string of the molecule is COC(CNC(=O)c1ccc2c(c1)nc(C)n2-c1ccc(F)cc1F)OC. The van der Waals surface area contributed by atoms with Crippen LogP contribution in [0, 0.1) is 18.6 Å². The quantitative estimate of drug-likeness (QED) is 0.673. The Hall–Kier alpha value is -2.84. The van der Waals surface area contributed by atoms with Crippen LogP contribution < -0.4 is 5.32 Å². The summed E-state index contributed by atoms with van der Waals surface area (Å²) in [6.45, 7) is 1.91. The van der Waals surface area contributed by atoms with Crippen LogP contribution in [0.4, 0.5) is 8.78 Å². The van der Waals surface area contributed by atoms with Crippen molar-refractivity contribution >= 4 is 16.9 Å². The predicted molar refractivity (Wildman–Crippen MR) is 95.9 cm³/mol. The molecule has 0 radical (unpaired) electrons. The molecule has 6 nitrogen and oxygen atoms in total. The van der Waals surface area contributed by atoms with Crippen molar-refractivity contribution < 1.29 is 23.0 Å². The Morgan fingerprint density at radius 1 is 1.19 bits per heavy atom. The molecule has 0 saturated carbocycles. The highest BCUT2D eigenvalue weighted by Gasteiger charge is 2.16. The van der Waals surface area contributed by atoms with Gasteiger partial charge < -0.3 is 14.8 Å². The van der Waals surface area contributed by atoms with Gasteiger partial charge >= 0.3 is 0 Å². The van der Waals surface area contributed by atoms with Crippen molar-refractivity contribution in [2.45, 2.75) is 13.2 Å². The smallest absolute Gasteiger partial charge is 0.251 e. The number of carbonyl (C=O) groups excluding carboxylic acids is 1. The minimum Gasteiger partial charge on any atom is -0.354 e. The van der Waals surface area contributed by atoms with Gasteiger partial charge in [-0.15, -0.1) is 0 Å². The Bertz CT molecular complexity index is 984. The van der Waals surface area contributed by atoms with Gasteiger partial charge in [-0.25, -0.2) is 13.8 Å². The van der Waals surface area contributed by atoms with E-state index < -0.39 is 17.9 Å². The van der Waals surface area contributed by atoms with Crippen molar-refractivity contribution in [3.8, 4) is 5.69 Å². The van der Waals surface area contributed by atoms with E-state index in [4.69, 9.17) is 9.47 Å². The Balaban J connectivity index is 1.93. The number of hydrogen-bond acceptors (Lipinski definition) is 4. The molecule has 0 fully saturated rings. The third-order valence-electron chi connectivity index (χ3n) is 4.19. The molecule has 2 aromatic carbocycles. The number of amides is 1. The number of fused-ring (bicyclic) bond motifs is 1. The number of nitrogens with one attached hydrogen (secondary N) is 1. The van der Waals surface area contributed by atoms with Gasteiger partial charge in [-0.2, -0.15) is 0 Å². The summed E-state index contributed by atoms with van der Waals surface area (Å²) in [5, 5.41) is 2.71. The monoisotopic (exact) mass is 375 g/mol. The fraction of sp³-hybridized carbons (Fsp3) is 0.263. The molecule has 0 aliphatic carbocycles. The fourth-order valence-corrected chi connectivity index (χ4v) is 2.85. The summed E-state index contributed by atoms with van der Waals surface area (Å²) in [7, 11) is 2.97. The molecule has 1 heterocycles. The predicted octanol–water partition coefficient (Wildman–Crippen LogP) is 2.96. The lowest BCUT2D eigenvalue weighted by Crippen LogP contribution is -2.34. The molecular weight excluding hydrogens is 356 g/mol. The zero-order valence-electron chi connectivity index (χ0n) is 15.1. The number of benzene rings is 2. The molecule has 27 heavy (non-hydrogen) atoms. The van der Waals surface area contributed by atoms with Crippen LogP contribution >= 0.6 is 0 Å². The minimum absolute atomic E-state index is 0.191. The number of aromatic nitrogens is 2. The van der Waals surface area contributed by atoms with E-state index in [-0.39, 0.29) is 18.1 Å². The van der Waals surface area contributed by atoms with Crippen molar-refractivity contribution in [3.63, 3.8) is 0 Å². The average Bonchev–Trinajstić information content (AvgIpc) is 2.97. The Morgan fingerprint density at radius 3 is 2.59 bits per heavy atom. The summed E-state index contributed by atoms with van der Waals surface area (Å²) in [5.41, 5.74) is 1.73. The summed E-state index contributed by atoms with van der Waals surface area (Å²) in [6, 6.07) is 8.28. The fourth-order valence-electron chi connectivity index (χ4n) is 2.85. The van der Waals surface area contributed by atoms with Crippen LogP contribution in [0.15, 0.2) is 36.4 Å². The van der Waals surface area contributed by atoms with Crippen molar-refractivity contribution in [1.29, 1.82) is 0 Å². The van der Waals surface area contributed by atoms with E-state index in [1.165, 1.54) is 26.4 Å². The Morgan fingerprint density at radius 2 is 1.93 bits per heavy atom. The summed E-state index contributed by atoms with van der Waals surface area (Å²) >= 11 is 0. The molecule has 3 aromatic rings. The highest BCUT2D eigenvalue weighted by atomic mass is 19.1. The van der Waals surface area contributed by atoms with Crippen LogP contribution in [0.3, 0.4) is 0 Å². The Kier molecular flexibility index (Phi) is 5.48. The molecule has 1 N–H and O–H groups in total. The first-order chi connectivity index (χ1) is 12.9. The topological polar surface area (TPSA) is 65.4 Å². The van der Waals surface area contributed by atoms with Gasteiger partial charge in [0.05, 0.1) is 23.3 Å². The van der Waals surface area contributed by atoms with Crippen LogP contribution in [-0.2, 0) is 9.47 Å². The van der Waals surface area contributed by atoms with Gasteiger partial charge in [-0.1, -0.05) is 0 Å². The molecule has 0 aliphatic rings. The lowest BCUT2D eigenvalue weighted by atomic mass is 10.2. The van der Waals surface area contributed by atoms with Crippen LogP contribution in [-0.4, -0.2) is 42.5 Å². The van der Waals surface area contributed by atoms with E-state index in [0.29, 0.717) is 22.4 Å². The molecule has 0 saturated heterocycles. The number of imidazole rings is 1. The van der Waals surface area contributed by atoms with Gasteiger partial charge in [-0.05, 0) is 37.3 Å². The molecule has 0 atom stereocenters. The molecule has 142 valence electrons. The molecule has 0 spiro atoms. The second-order valence-electron chi connectivity index (χ2n) is 5.90. The number of methoxy groups -OCH3 is 2. The van der Waals surface area contributed by atoms with E-state index in [0.717, 1.165) is 6.07 Å². The number of ether oxygens (including phenoxy) is 2. The number of halogens is 2. The summed E-state index contributed by atoms with van der Waals surface area (Å²) in [5.74, 6) is -1.13. The number of rotatable bonds is 6. The van der Waals surface area contributed by atoms with Gasteiger partial charge in [-0.3, -0.25) is 9.36 Å². The number of aryl methyl sites for hydroxylation is 1. The molecule has 0 bridgehead atoms. The third kappa shape index (κ3) is 3.81. The largest absolute Gasteiger partial charge is 0.354 e. The lowest BCUT2D eigenvalue weighted by molar-refractivity contribution is -0.0974. The second-order valence-corrected chi connectivity index (χ2v) is 5.90. The first-order valence-corrected chi connectivity index (χ1v) is 8.23. The van der Waals surface area contributed by atoms with Crippen molar-refractivity contribution in [3.05, 3.63) is 59.4 Å². The average molecular weight is 375 g/mol. The third-order valence-corrected chi connectivity index (χ3v) is 4.19. The van der Waals surface area contributed by atoms with Gasteiger partial charge in [0.25, 0.3) is 5.91 Å². The zero-order chi connectivity index (χ0) is 19.6. The molecule has 1 aromatic heterocycles. The van der Waals surface area contributed by atoms with Crippen molar-refractivity contribution in [2.24, 2.45) is 0 Å². The van der Waals surface area contributed by atoms with Gasteiger partial charge in [0.1, 0.15) is 17.5 Å². The van der Waals surface area contributed by atoms with Gasteiger partial charge in [0.2, 0.25) is 0 Å². The molecule has 1 amide bonds. The Labute approximate surface area is 154 Å². The second kappa shape index (κ2) is 7.81. The molecule has 8 heteroatoms. The van der Waals surface area contributed by atoms with Crippen molar-refractivity contribution in [1.82, 2.24) is 14.9 Å². The van der Waals surface area contributed by atoms with Gasteiger partial charge in [0.15, 0.2) is 6.29 Å². The first-order valence-electron chi connectivity index (χ1n) is 8.23. The normalized spacial score (nSPS) is 11.3. The maximum atomic E-state index is 14.2. The zero-order valence-corrected chi connectivity index (χ0v) is 15.1. The van der Waals surface area contributed by atoms with Crippen LogP contribution in [0.1, 0.15) is 16.2 Å². The number of carbonyl (C=O) groups is 1. The van der Waals surface area contributed by atoms with E-state index in [1.807, 2.05) is 0 Å². The standard InChI is InChI=1S/C19H19F2N3O3/c1-11-23-15-8-12(19(25)22-10-18(26-2)27-3)4-6-17(15)24(11)16-7-5-13(20)9-14(16)21/h4-9,18H,10H2,1-3H3,(H,22,25). The van der Waals surface area contributed by atoms with Gasteiger partial charge in [0, 0.05) is 25.8 Å². The molecule has 3 rings (SSSR count). The maximum Gasteiger partial charge on any atom is 0.251 e. The molecule has 0 unspecified atom stereocenters. The van der Waals surface area contributed by atoms with Crippen molar-refractivity contribution in [2.75, 3.05) is 20.8 Å². The number of nitrogens with zero attached hydrogens (tertiary/aromatic N) is 2. The molecule has 0 aliphatic heterocycles. The first kappa shape index (κ1) is 18.9. The minimum atomic E-state index is -0.690. The highest BCUT2D eigenvalue weighted by molar-refractivity contribution is 5.97. The molecular formula is C19H19F2N3O3. The maximum absolute atomic E-state index is 14.2. The van der Waals surface area contributed by atoms with E-state index in [9.17, 15) is 13.6 Å². The van der Waals surface area contributed by atoms with Crippen LogP contribution in [0.5, 0.6) is 0 Å². The van der Waals surface area contributed by atoms with E-state index in [1.54, 1.807) is 29.7 Å². The summed E-state index contributed by atoms with van der Waals surface area (Å²) < 4.78 is 39.0. The summed E-state index contributed by atoms with van der Waals surface area (Å²) in [4.78, 5) is 16.7. The lowest BCUT2D eigenvalue weighted by Gasteiger charge is -2.14.